The van der Waals surface area contributed by atoms with Gasteiger partial charge >= 0.3 is 5.97 Å². The van der Waals surface area contributed by atoms with Crippen LogP contribution in [-0.4, -0.2) is 12.1 Å². The number of allylic oxidation sites excluding steroid dienone is 1. The zero-order valence-corrected chi connectivity index (χ0v) is 21.7. The minimum Gasteiger partial charge on any atom is -0.462 e. The average molecular weight is 443 g/mol. The molecule has 0 heterocycles. The fraction of sp³-hybridized carbons (Fsp3) is 0.900. The largest absolute Gasteiger partial charge is 0.462 e. The van der Waals surface area contributed by atoms with Crippen molar-refractivity contribution in [1.82, 2.24) is 0 Å². The van der Waals surface area contributed by atoms with Crippen molar-refractivity contribution >= 4 is 5.97 Å². The van der Waals surface area contributed by atoms with Crippen molar-refractivity contribution in [2.45, 2.75) is 118 Å². The van der Waals surface area contributed by atoms with Crippen LogP contribution < -0.4 is 0 Å². The van der Waals surface area contributed by atoms with Crippen LogP contribution in [0.3, 0.4) is 0 Å². The number of ether oxygens (including phenoxy) is 1. The summed E-state index contributed by atoms with van der Waals surface area (Å²) in [6.07, 6.45) is 18.5. The maximum atomic E-state index is 12.3. The molecule has 0 N–H and O–H groups in total. The van der Waals surface area contributed by atoms with E-state index in [0.29, 0.717) is 0 Å². The molecule has 3 fully saturated rings. The van der Waals surface area contributed by atoms with Crippen molar-refractivity contribution in [1.29, 1.82) is 0 Å². The Hall–Kier alpha value is -0.790. The van der Waals surface area contributed by atoms with Gasteiger partial charge in [0.2, 0.25) is 0 Å². The Morgan fingerprint density at radius 1 is 0.938 bits per heavy atom. The third kappa shape index (κ3) is 5.15. The van der Waals surface area contributed by atoms with Crippen LogP contribution in [0.25, 0.3) is 0 Å². The summed E-state index contributed by atoms with van der Waals surface area (Å²) in [5, 5.41) is 0. The Balaban J connectivity index is 1.34. The average Bonchev–Trinajstić information content (AvgIpc) is 3.22. The van der Waals surface area contributed by atoms with Crippen LogP contribution in [0.2, 0.25) is 0 Å². The zero-order valence-electron chi connectivity index (χ0n) is 21.7. The van der Waals surface area contributed by atoms with E-state index >= 15 is 0 Å². The van der Waals surface area contributed by atoms with Gasteiger partial charge < -0.3 is 4.74 Å². The first-order valence-corrected chi connectivity index (χ1v) is 14.3. The minimum atomic E-state index is 0.0188. The Labute approximate surface area is 198 Å². The molecule has 9 atom stereocenters. The first kappa shape index (κ1) is 24.3. The van der Waals surface area contributed by atoms with Crippen molar-refractivity contribution in [2.24, 2.45) is 53.3 Å². The molecule has 32 heavy (non-hydrogen) atoms. The zero-order chi connectivity index (χ0) is 22.8. The number of fused-ring (bicyclic) bond motifs is 5. The molecule has 0 amide bonds. The Kier molecular flexibility index (Phi) is 8.10. The van der Waals surface area contributed by atoms with Gasteiger partial charge in [0, 0.05) is 6.42 Å². The lowest BCUT2D eigenvalue weighted by molar-refractivity contribution is -0.154. The van der Waals surface area contributed by atoms with Gasteiger partial charge in [-0.1, -0.05) is 65.5 Å². The number of hydrogen-bond acceptors (Lipinski definition) is 2. The highest BCUT2D eigenvalue weighted by atomic mass is 16.5. The Morgan fingerprint density at radius 3 is 2.44 bits per heavy atom. The summed E-state index contributed by atoms with van der Waals surface area (Å²) >= 11 is 0. The Morgan fingerprint density at radius 2 is 1.69 bits per heavy atom. The monoisotopic (exact) mass is 442 g/mol. The maximum Gasteiger partial charge on any atom is 0.308 e. The molecule has 182 valence electrons. The molecule has 2 nitrogen and oxygen atoms in total. The SMILES string of the molecule is CCC(C)C(=O)OC1CCC2C(=CCC3C2CCC2C(C(C)CCCC(C)C)CCC23)C1. The molecule has 0 saturated heterocycles. The van der Waals surface area contributed by atoms with Gasteiger partial charge in [0.15, 0.2) is 0 Å². The lowest BCUT2D eigenvalue weighted by atomic mass is 9.56. The minimum absolute atomic E-state index is 0.0188. The van der Waals surface area contributed by atoms with Crippen molar-refractivity contribution in [3.8, 4) is 0 Å². The highest BCUT2D eigenvalue weighted by Crippen LogP contribution is 2.59. The third-order valence-electron chi connectivity index (χ3n) is 10.2. The summed E-state index contributed by atoms with van der Waals surface area (Å²) in [6, 6.07) is 0. The van der Waals surface area contributed by atoms with Gasteiger partial charge in [0.05, 0.1) is 5.92 Å². The number of carbonyl (C=O) groups excluding carboxylic acids is 1. The molecule has 0 radical (unpaired) electrons. The lowest BCUT2D eigenvalue weighted by Gasteiger charge is -2.50. The number of hydrogen-bond donors (Lipinski definition) is 0. The topological polar surface area (TPSA) is 26.3 Å². The molecule has 0 aromatic rings. The summed E-state index contributed by atoms with van der Waals surface area (Å²) in [4.78, 5) is 12.3. The van der Waals surface area contributed by atoms with Gasteiger partial charge in [0.25, 0.3) is 0 Å². The van der Waals surface area contributed by atoms with E-state index < -0.39 is 0 Å². The first-order valence-electron chi connectivity index (χ1n) is 14.3. The standard InChI is InChI=1S/C30H50O2/c1-6-20(4)30(31)32-23-11-13-25-22(18-23)10-12-28-27(25)17-16-26-24(14-15-29(26)28)21(5)9-7-8-19(2)3/h10,19-21,23-29H,6-9,11-18H2,1-5H3. The van der Waals surface area contributed by atoms with Gasteiger partial charge in [0.1, 0.15) is 6.10 Å². The van der Waals surface area contributed by atoms with Crippen molar-refractivity contribution in [2.75, 3.05) is 0 Å². The van der Waals surface area contributed by atoms with Crippen LogP contribution in [0, 0.1) is 53.3 Å². The molecule has 2 heteroatoms. The predicted molar refractivity (Wildman–Crippen MR) is 133 cm³/mol. The van der Waals surface area contributed by atoms with Crippen LogP contribution in [0.15, 0.2) is 11.6 Å². The maximum absolute atomic E-state index is 12.3. The summed E-state index contributed by atoms with van der Waals surface area (Å²) in [5.74, 6) is 7.47. The van der Waals surface area contributed by atoms with E-state index in [2.05, 4.69) is 33.8 Å². The van der Waals surface area contributed by atoms with Crippen molar-refractivity contribution in [3.63, 3.8) is 0 Å². The fourth-order valence-corrected chi connectivity index (χ4v) is 8.25. The normalized spacial score (nSPS) is 38.3. The van der Waals surface area contributed by atoms with Gasteiger partial charge in [-0.15, -0.1) is 0 Å². The summed E-state index contributed by atoms with van der Waals surface area (Å²) in [5.41, 5.74) is 1.65. The molecule has 0 spiro atoms. The van der Waals surface area contributed by atoms with E-state index in [9.17, 15) is 4.79 Å². The van der Waals surface area contributed by atoms with Crippen LogP contribution in [0.5, 0.6) is 0 Å². The molecule has 0 aromatic carbocycles. The molecule has 0 bridgehead atoms. The molecule has 4 rings (SSSR count). The van der Waals surface area contributed by atoms with E-state index in [1.165, 1.54) is 57.8 Å². The lowest BCUT2D eigenvalue weighted by Crippen LogP contribution is -2.42. The van der Waals surface area contributed by atoms with E-state index in [4.69, 9.17) is 4.74 Å². The molecular weight excluding hydrogens is 392 g/mol. The van der Waals surface area contributed by atoms with Gasteiger partial charge in [-0.2, -0.15) is 0 Å². The first-order chi connectivity index (χ1) is 15.4. The second-order valence-corrected chi connectivity index (χ2v) is 12.5. The second kappa shape index (κ2) is 10.6. The molecule has 4 aliphatic rings. The molecule has 0 aliphatic heterocycles. The molecule has 3 saturated carbocycles. The van der Waals surface area contributed by atoms with Crippen LogP contribution >= 0.6 is 0 Å². The quantitative estimate of drug-likeness (QED) is 0.280. The van der Waals surface area contributed by atoms with Crippen LogP contribution in [-0.2, 0) is 9.53 Å². The van der Waals surface area contributed by atoms with Crippen molar-refractivity contribution < 1.29 is 9.53 Å². The van der Waals surface area contributed by atoms with E-state index in [1.54, 1.807) is 5.57 Å². The fourth-order valence-electron chi connectivity index (χ4n) is 8.25. The summed E-state index contributed by atoms with van der Waals surface area (Å²) in [7, 11) is 0. The van der Waals surface area contributed by atoms with Gasteiger partial charge in [-0.25, -0.2) is 0 Å². The smallest absolute Gasteiger partial charge is 0.308 e. The van der Waals surface area contributed by atoms with Crippen LogP contribution in [0.4, 0.5) is 0 Å². The van der Waals surface area contributed by atoms with Crippen molar-refractivity contribution in [3.05, 3.63) is 11.6 Å². The molecule has 4 aliphatic carbocycles. The van der Waals surface area contributed by atoms with Crippen LogP contribution in [0.1, 0.15) is 112 Å². The van der Waals surface area contributed by atoms with E-state index in [1.807, 2.05) is 6.92 Å². The second-order valence-electron chi connectivity index (χ2n) is 12.5. The van der Waals surface area contributed by atoms with E-state index in [0.717, 1.165) is 66.6 Å². The molecule has 9 unspecified atom stereocenters. The third-order valence-corrected chi connectivity index (χ3v) is 10.2. The van der Waals surface area contributed by atoms with E-state index in [-0.39, 0.29) is 18.0 Å². The number of rotatable bonds is 8. The van der Waals surface area contributed by atoms with Gasteiger partial charge in [-0.3, -0.25) is 4.79 Å². The highest BCUT2D eigenvalue weighted by Gasteiger charge is 2.50. The summed E-state index contributed by atoms with van der Waals surface area (Å²) < 4.78 is 5.91. The number of carbonyl (C=O) groups is 1. The summed E-state index contributed by atoms with van der Waals surface area (Å²) in [6.45, 7) is 11.4. The molecule has 0 aromatic heterocycles. The highest BCUT2D eigenvalue weighted by molar-refractivity contribution is 5.72. The predicted octanol–water partition coefficient (Wildman–Crippen LogP) is 8.21. The Bertz CT molecular complexity index is 664. The molecular formula is C30H50O2. The van der Waals surface area contributed by atoms with Gasteiger partial charge in [-0.05, 0) is 98.7 Å². The number of esters is 1.